The number of aromatic amines is 1. The van der Waals surface area contributed by atoms with E-state index in [1.165, 1.54) is 0 Å². The Hall–Kier alpha value is -3.07. The van der Waals surface area contributed by atoms with Gasteiger partial charge in [0.15, 0.2) is 42.0 Å². The smallest absolute Gasteiger partial charge is 0.396 e. The molecule has 316 valence electrons. The van der Waals surface area contributed by atoms with E-state index in [2.05, 4.69) is 15.0 Å². The van der Waals surface area contributed by atoms with Crippen LogP contribution in [-0.4, -0.2) is 147 Å². The second-order valence-corrected chi connectivity index (χ2v) is 17.9. The van der Waals surface area contributed by atoms with Gasteiger partial charge in [-0.15, -0.1) is 0 Å². The first-order valence-corrected chi connectivity index (χ1v) is 21.8. The summed E-state index contributed by atoms with van der Waals surface area (Å²) in [4.78, 5) is 61.6. The largest absolute Gasteiger partial charge is 0.472 e. The number of nitrogen functional groups attached to an aromatic ring is 1. The molecule has 57 heavy (non-hydrogen) atoms. The molecule has 0 spiro atoms. The van der Waals surface area contributed by atoms with Crippen LogP contribution in [0.4, 0.5) is 14.6 Å². The van der Waals surface area contributed by atoms with Gasteiger partial charge in [-0.2, -0.15) is 0 Å². The van der Waals surface area contributed by atoms with Crippen LogP contribution >= 0.6 is 26.0 Å². The number of ether oxygens (including phenoxy) is 5. The molecule has 3 aliphatic heterocycles. The number of carbonyl (C=O) groups is 1. The number of Topliss-reactive ketones (excluding diaryl/α,β-unsaturated/α-hetero) is 1. The number of H-pyrrole nitrogens is 1. The second-order valence-electron chi connectivity index (χ2n) is 12.4. The number of nitrogens with one attached hydrogen (secondary N) is 1. The van der Waals surface area contributed by atoms with Gasteiger partial charge in [-0.25, -0.2) is 37.7 Å². The number of phosphoric ester groups is 1. The highest BCUT2D eigenvalue weighted by Gasteiger charge is 2.55. The Kier molecular flexibility index (Phi) is 14.8. The molecule has 0 saturated carbocycles. The molecule has 3 aliphatic rings. The number of ketones is 1. The molecule has 3 aromatic rings. The van der Waals surface area contributed by atoms with Gasteiger partial charge in [-0.3, -0.25) is 41.8 Å². The third-order valence-electron chi connectivity index (χ3n) is 8.46. The molecular formula is C29H39F2N7O16P2S. The zero-order chi connectivity index (χ0) is 40.7. The van der Waals surface area contributed by atoms with Crippen molar-refractivity contribution in [1.29, 1.82) is 0 Å². The fraction of sp³-hybridized carbons (Fsp3) is 0.655. The average molecular weight is 874 g/mol. The lowest BCUT2D eigenvalue weighted by molar-refractivity contribution is -0.121. The highest BCUT2D eigenvalue weighted by Crippen LogP contribution is 2.64. The number of phosphoric acid groups is 1. The normalized spacial score (nSPS) is 32.1. The van der Waals surface area contributed by atoms with E-state index in [0.717, 1.165) is 29.5 Å². The van der Waals surface area contributed by atoms with Gasteiger partial charge in [0.1, 0.15) is 42.9 Å². The number of hydrogen-bond acceptors (Lipinski definition) is 20. The van der Waals surface area contributed by atoms with E-state index in [4.69, 9.17) is 52.6 Å². The molecule has 6 rings (SSSR count). The van der Waals surface area contributed by atoms with Crippen molar-refractivity contribution in [2.75, 3.05) is 70.9 Å². The van der Waals surface area contributed by atoms with E-state index in [1.807, 2.05) is 4.98 Å². The monoisotopic (exact) mass is 873 g/mol. The van der Waals surface area contributed by atoms with Gasteiger partial charge < -0.3 is 39.4 Å². The van der Waals surface area contributed by atoms with E-state index in [0.29, 0.717) is 35.6 Å². The molecule has 5 N–H and O–H groups in total. The number of aromatic nitrogens is 6. The van der Waals surface area contributed by atoms with Crippen molar-refractivity contribution in [2.45, 2.75) is 55.6 Å². The van der Waals surface area contributed by atoms with Gasteiger partial charge in [0.05, 0.1) is 51.7 Å². The molecule has 3 saturated heterocycles. The Morgan fingerprint density at radius 2 is 1.60 bits per heavy atom. The minimum Gasteiger partial charge on any atom is -0.396 e. The first-order chi connectivity index (χ1) is 27.3. The van der Waals surface area contributed by atoms with Crippen molar-refractivity contribution in [3.05, 3.63) is 45.8 Å². The van der Waals surface area contributed by atoms with Crippen molar-refractivity contribution >= 4 is 48.8 Å². The summed E-state index contributed by atoms with van der Waals surface area (Å²) in [5.74, 6) is -1.20. The summed E-state index contributed by atoms with van der Waals surface area (Å²) >= 11 is 0.326. The Morgan fingerprint density at radius 3 is 2.30 bits per heavy atom. The third kappa shape index (κ3) is 10.8. The van der Waals surface area contributed by atoms with Crippen molar-refractivity contribution in [1.82, 2.24) is 29.1 Å². The fourth-order valence-electron chi connectivity index (χ4n) is 5.79. The Labute approximate surface area is 324 Å². The highest BCUT2D eigenvalue weighted by atomic mass is 32.7. The summed E-state index contributed by atoms with van der Waals surface area (Å²) < 4.78 is 111. The van der Waals surface area contributed by atoms with Gasteiger partial charge in [0.2, 0.25) is 0 Å². The number of nitrogens with two attached hydrogens (primary N) is 1. The third-order valence-corrected chi connectivity index (χ3v) is 13.1. The summed E-state index contributed by atoms with van der Waals surface area (Å²) in [5, 5.41) is 8.76. The maximum Gasteiger partial charge on any atom is 0.472 e. The minimum atomic E-state index is -5.24. The lowest BCUT2D eigenvalue weighted by Crippen LogP contribution is -2.38. The molecule has 3 aromatic heterocycles. The predicted molar refractivity (Wildman–Crippen MR) is 189 cm³/mol. The summed E-state index contributed by atoms with van der Waals surface area (Å²) in [7, 11) is -5.24. The number of halogens is 2. The van der Waals surface area contributed by atoms with Crippen LogP contribution in [0.5, 0.6) is 0 Å². The van der Waals surface area contributed by atoms with Gasteiger partial charge in [0.25, 0.3) is 5.56 Å². The number of imidazole rings is 1. The topological polar surface area (TPSA) is 299 Å². The van der Waals surface area contributed by atoms with Gasteiger partial charge in [-0.05, 0) is 17.8 Å². The Morgan fingerprint density at radius 1 is 0.947 bits per heavy atom. The molecule has 0 aliphatic carbocycles. The van der Waals surface area contributed by atoms with E-state index in [1.54, 1.807) is 0 Å². The molecule has 2 unspecified atom stereocenters. The number of alkyl halides is 2. The molecule has 3 fully saturated rings. The quantitative estimate of drug-likeness (QED) is 0.110. The van der Waals surface area contributed by atoms with Crippen LogP contribution in [0.15, 0.2) is 34.5 Å². The van der Waals surface area contributed by atoms with Crippen molar-refractivity contribution in [2.24, 2.45) is 0 Å². The van der Waals surface area contributed by atoms with Crippen LogP contribution < -0.4 is 17.0 Å². The number of hydrogen-bond donors (Lipinski definition) is 4. The highest BCUT2D eigenvalue weighted by molar-refractivity contribution is 8.55. The molecule has 28 heteroatoms. The molecule has 6 heterocycles. The van der Waals surface area contributed by atoms with Gasteiger partial charge in [0, 0.05) is 25.5 Å². The first-order valence-electron chi connectivity index (χ1n) is 17.2. The summed E-state index contributed by atoms with van der Waals surface area (Å²) in [6.45, 7) is -6.01. The maximum absolute atomic E-state index is 16.2. The van der Waals surface area contributed by atoms with Crippen LogP contribution in [0.1, 0.15) is 18.9 Å². The number of carbonyl (C=O) groups excluding carboxylic acids is 1. The number of nitrogens with zero attached hydrogens (tertiary/aromatic N) is 5. The summed E-state index contributed by atoms with van der Waals surface area (Å²) in [6, 6.07) is 0.905. The number of aliphatic hydroxyl groups is 1. The van der Waals surface area contributed by atoms with E-state index >= 15 is 8.78 Å². The lowest BCUT2D eigenvalue weighted by atomic mass is 10.1. The van der Waals surface area contributed by atoms with Crippen LogP contribution in [0.2, 0.25) is 0 Å². The zero-order valence-corrected chi connectivity index (χ0v) is 32.3. The number of fused-ring (bicyclic) bond motifs is 3. The molecule has 0 amide bonds. The lowest BCUT2D eigenvalue weighted by Gasteiger charge is -2.29. The Bertz CT molecular complexity index is 2070. The van der Waals surface area contributed by atoms with E-state index in [-0.39, 0.29) is 43.4 Å². The number of rotatable bonds is 16. The molecule has 0 aromatic carbocycles. The van der Waals surface area contributed by atoms with Crippen molar-refractivity contribution in [3.63, 3.8) is 0 Å². The van der Waals surface area contributed by atoms with Gasteiger partial charge in [-0.1, -0.05) is 0 Å². The SMILES string of the molecule is Nc1ncnc2c1ncn2[C@@H]1O[C@@H]2COP(=O)(SCC(=O)COCCOCCOCCCO)O[C@H]3[C@@H](F)[C@H](n4ccc(=O)[nH]c4=O)O[C@@H]3COP(=O)(O)O[C@H]2[C@H]1F. The van der Waals surface area contributed by atoms with Crippen LogP contribution in [-0.2, 0) is 55.7 Å². The van der Waals surface area contributed by atoms with Crippen LogP contribution in [0.25, 0.3) is 11.2 Å². The van der Waals surface area contributed by atoms with E-state index in [9.17, 15) is 28.4 Å². The van der Waals surface area contributed by atoms with E-state index < -0.39 is 106 Å². The predicted octanol–water partition coefficient (Wildman–Crippen LogP) is 0.190. The first kappa shape index (κ1) is 43.5. The number of anilines is 1. The van der Waals surface area contributed by atoms with Crippen LogP contribution in [0.3, 0.4) is 0 Å². The fourth-order valence-corrected chi connectivity index (χ4v) is 10.00. The minimum absolute atomic E-state index is 0.00758. The van der Waals surface area contributed by atoms with Crippen molar-refractivity contribution < 1.29 is 74.5 Å². The molecular weight excluding hydrogens is 834 g/mol. The maximum atomic E-state index is 16.2. The molecule has 0 radical (unpaired) electrons. The zero-order valence-electron chi connectivity index (χ0n) is 29.7. The second kappa shape index (κ2) is 19.3. The standard InChI is InChI=1S/C29H39F2N7O16P2S/c30-20-23-18(52-28(20)38-15-35-22-25(32)33-14-34-26(22)38)12-50-56(45,57-13-16(40)10-48-9-8-47-7-6-46-5-1-4-39)54-24-17(11-49-55(43,44)53-23)51-27(21(24)31)37-3-2-19(41)36-29(37)42/h2-3,14-15,17-18,20-21,23-24,27-28,39H,1,4-13H2,(H,43,44)(H2,32,33,34)(H,36,41,42)/t17-,18-,20-,21-,23-,24-,27-,28-,56?/m1/s1. The molecule has 0 bridgehead atoms. The summed E-state index contributed by atoms with van der Waals surface area (Å²) in [5.41, 5.74) is 4.10. The van der Waals surface area contributed by atoms with Gasteiger partial charge >= 0.3 is 20.3 Å². The molecule has 23 nitrogen and oxygen atoms in total. The number of aliphatic hydroxyl groups excluding tert-OH is 1. The average Bonchev–Trinajstić information content (AvgIpc) is 3.83. The Balaban J connectivity index is 1.19. The molecule has 10 atom stereocenters. The van der Waals surface area contributed by atoms with Crippen molar-refractivity contribution in [3.8, 4) is 0 Å². The van der Waals surface area contributed by atoms with Crippen LogP contribution in [0, 0.1) is 0 Å². The summed E-state index contributed by atoms with van der Waals surface area (Å²) in [6.07, 6.45) is -11.6.